The number of rotatable bonds is 2. The molecular formula is C10H5F5O4. The smallest absolute Gasteiger partial charge is 0.475 e. The lowest BCUT2D eigenvalue weighted by Gasteiger charge is -2.07. The quantitative estimate of drug-likeness (QED) is 0.379. The molecule has 0 atom stereocenters. The van der Waals surface area contributed by atoms with Crippen molar-refractivity contribution in [3.63, 3.8) is 0 Å². The molecule has 104 valence electrons. The van der Waals surface area contributed by atoms with E-state index in [0.29, 0.717) is 0 Å². The van der Waals surface area contributed by atoms with Crippen molar-refractivity contribution >= 4 is 6.16 Å². The first-order valence-electron chi connectivity index (χ1n) is 4.23. The number of terminal acetylenes is 1. The molecule has 0 aromatic heterocycles. The minimum absolute atomic E-state index is 0.599. The Balaban J connectivity index is 0.000000711. The standard InChI is InChI=1S/C9H3F5O.CH2O3/c1-2-3-15-9-7(13)5(11)4(10)6(12)8(9)14;2-1(3)4/h1H,3H2;(H2,2,3,4). The zero-order valence-electron chi connectivity index (χ0n) is 8.89. The monoisotopic (exact) mass is 284 g/mol. The lowest BCUT2D eigenvalue weighted by Crippen LogP contribution is -2.06. The predicted molar refractivity (Wildman–Crippen MR) is 51.2 cm³/mol. The van der Waals surface area contributed by atoms with E-state index in [9.17, 15) is 22.0 Å². The van der Waals surface area contributed by atoms with Gasteiger partial charge in [0.2, 0.25) is 29.1 Å². The van der Waals surface area contributed by atoms with Crippen molar-refractivity contribution in [3.05, 3.63) is 29.1 Å². The van der Waals surface area contributed by atoms with Gasteiger partial charge in [-0.2, -0.15) is 8.78 Å². The number of hydrogen-bond acceptors (Lipinski definition) is 2. The zero-order chi connectivity index (χ0) is 15.2. The van der Waals surface area contributed by atoms with Crippen LogP contribution in [0.3, 0.4) is 0 Å². The maximum atomic E-state index is 12.8. The van der Waals surface area contributed by atoms with E-state index >= 15 is 0 Å². The molecule has 0 aliphatic carbocycles. The molecule has 0 heterocycles. The summed E-state index contributed by atoms with van der Waals surface area (Å²) in [6.45, 7) is -0.599. The molecule has 0 bridgehead atoms. The van der Waals surface area contributed by atoms with E-state index < -0.39 is 47.6 Å². The van der Waals surface area contributed by atoms with E-state index in [2.05, 4.69) is 4.74 Å². The molecule has 0 spiro atoms. The highest BCUT2D eigenvalue weighted by Gasteiger charge is 2.26. The molecule has 0 saturated heterocycles. The molecule has 9 heteroatoms. The van der Waals surface area contributed by atoms with Gasteiger partial charge in [-0.25, -0.2) is 18.0 Å². The minimum Gasteiger partial charge on any atom is -0.475 e. The Hall–Kier alpha value is -2.50. The lowest BCUT2D eigenvalue weighted by atomic mass is 10.2. The molecular weight excluding hydrogens is 279 g/mol. The molecule has 1 aromatic rings. The first kappa shape index (κ1) is 16.5. The molecule has 0 unspecified atom stereocenters. The average Bonchev–Trinajstić information content (AvgIpc) is 2.33. The Labute approximate surface area is 103 Å². The van der Waals surface area contributed by atoms with Crippen LogP contribution in [0.5, 0.6) is 5.75 Å². The minimum atomic E-state index is -2.24. The number of halogens is 5. The van der Waals surface area contributed by atoms with Gasteiger partial charge in [-0.1, -0.05) is 5.92 Å². The number of carbonyl (C=O) groups is 1. The summed E-state index contributed by atoms with van der Waals surface area (Å²) in [5, 5.41) is 13.9. The Bertz CT molecular complexity index is 491. The van der Waals surface area contributed by atoms with Crippen molar-refractivity contribution in [1.29, 1.82) is 0 Å². The SMILES string of the molecule is C#CCOc1c(F)c(F)c(F)c(F)c1F.O=C(O)O. The van der Waals surface area contributed by atoms with Crippen LogP contribution in [0.1, 0.15) is 0 Å². The number of ether oxygens (including phenoxy) is 1. The highest BCUT2D eigenvalue weighted by Crippen LogP contribution is 2.28. The van der Waals surface area contributed by atoms with Gasteiger partial charge in [0.25, 0.3) is 0 Å². The van der Waals surface area contributed by atoms with Crippen LogP contribution in [-0.4, -0.2) is 23.0 Å². The predicted octanol–water partition coefficient (Wildman–Crippen LogP) is 2.62. The summed E-state index contributed by atoms with van der Waals surface area (Å²) in [7, 11) is 0. The molecule has 0 fully saturated rings. The summed E-state index contributed by atoms with van der Waals surface area (Å²) in [5.74, 6) is -10.00. The van der Waals surface area contributed by atoms with Crippen LogP contribution < -0.4 is 4.74 Å². The van der Waals surface area contributed by atoms with Gasteiger partial charge in [0.15, 0.2) is 5.75 Å². The van der Waals surface area contributed by atoms with E-state index in [1.807, 2.05) is 5.92 Å². The molecule has 0 saturated carbocycles. The first-order chi connectivity index (χ1) is 8.73. The second-order valence-corrected chi connectivity index (χ2v) is 2.67. The van der Waals surface area contributed by atoms with Gasteiger partial charge in [-0.3, -0.25) is 0 Å². The molecule has 0 radical (unpaired) electrons. The Morgan fingerprint density at radius 1 is 1.00 bits per heavy atom. The van der Waals surface area contributed by atoms with E-state index in [1.54, 1.807) is 0 Å². The summed E-state index contributed by atoms with van der Waals surface area (Å²) in [6, 6.07) is 0. The molecule has 2 N–H and O–H groups in total. The maximum absolute atomic E-state index is 12.8. The van der Waals surface area contributed by atoms with Crippen molar-refractivity contribution in [2.24, 2.45) is 0 Å². The second-order valence-electron chi connectivity index (χ2n) is 2.67. The van der Waals surface area contributed by atoms with E-state index in [0.717, 1.165) is 0 Å². The van der Waals surface area contributed by atoms with E-state index in [4.69, 9.17) is 21.4 Å². The fourth-order valence-corrected chi connectivity index (χ4v) is 0.825. The van der Waals surface area contributed by atoms with Crippen molar-refractivity contribution in [2.75, 3.05) is 6.61 Å². The third-order valence-electron chi connectivity index (χ3n) is 1.47. The van der Waals surface area contributed by atoms with Gasteiger partial charge in [0.05, 0.1) is 0 Å². The van der Waals surface area contributed by atoms with E-state index in [-0.39, 0.29) is 0 Å². The fourth-order valence-electron chi connectivity index (χ4n) is 0.825. The van der Waals surface area contributed by atoms with Gasteiger partial charge in [-0.05, 0) is 0 Å². The summed E-state index contributed by atoms with van der Waals surface area (Å²) in [4.78, 5) is 8.56. The van der Waals surface area contributed by atoms with Gasteiger partial charge in [0.1, 0.15) is 6.61 Å². The van der Waals surface area contributed by atoms with Crippen LogP contribution in [0.25, 0.3) is 0 Å². The second kappa shape index (κ2) is 7.05. The number of hydrogen-bond donors (Lipinski definition) is 2. The van der Waals surface area contributed by atoms with Crippen molar-refractivity contribution < 1.29 is 41.7 Å². The number of benzene rings is 1. The van der Waals surface area contributed by atoms with Crippen LogP contribution in [0.4, 0.5) is 26.7 Å². The molecule has 0 amide bonds. The average molecular weight is 284 g/mol. The molecule has 4 nitrogen and oxygen atoms in total. The van der Waals surface area contributed by atoms with Crippen LogP contribution in [0.15, 0.2) is 0 Å². The van der Waals surface area contributed by atoms with Crippen molar-refractivity contribution in [3.8, 4) is 18.1 Å². The summed E-state index contributed by atoms with van der Waals surface area (Å²) in [5.41, 5.74) is 0. The topological polar surface area (TPSA) is 66.8 Å². The van der Waals surface area contributed by atoms with Gasteiger partial charge < -0.3 is 14.9 Å². The normalized spacial score (nSPS) is 9.05. The molecule has 19 heavy (non-hydrogen) atoms. The maximum Gasteiger partial charge on any atom is 0.503 e. The summed E-state index contributed by atoms with van der Waals surface area (Å²) in [6.07, 6.45) is 2.87. The van der Waals surface area contributed by atoms with Crippen LogP contribution in [0, 0.1) is 41.4 Å². The van der Waals surface area contributed by atoms with Gasteiger partial charge in [0, 0.05) is 0 Å². The van der Waals surface area contributed by atoms with Gasteiger partial charge >= 0.3 is 6.16 Å². The molecule has 1 aromatic carbocycles. The zero-order valence-corrected chi connectivity index (χ0v) is 8.89. The van der Waals surface area contributed by atoms with Crippen LogP contribution in [0.2, 0.25) is 0 Å². The van der Waals surface area contributed by atoms with Crippen LogP contribution >= 0.6 is 0 Å². The highest BCUT2D eigenvalue weighted by atomic mass is 19.2. The Morgan fingerprint density at radius 3 is 1.63 bits per heavy atom. The third kappa shape index (κ3) is 4.34. The van der Waals surface area contributed by atoms with E-state index in [1.165, 1.54) is 0 Å². The largest absolute Gasteiger partial charge is 0.503 e. The molecule has 0 aliphatic heterocycles. The summed E-state index contributed by atoms with van der Waals surface area (Å²) >= 11 is 0. The Kier molecular flexibility index (Phi) is 6.12. The van der Waals surface area contributed by atoms with Gasteiger partial charge in [-0.15, -0.1) is 6.42 Å². The number of carboxylic acid groups (broad SMARTS) is 2. The summed E-state index contributed by atoms with van der Waals surface area (Å²) < 4.78 is 67.4. The van der Waals surface area contributed by atoms with Crippen molar-refractivity contribution in [2.45, 2.75) is 0 Å². The molecule has 0 aliphatic rings. The first-order valence-corrected chi connectivity index (χ1v) is 4.23. The molecule has 1 rings (SSSR count). The fraction of sp³-hybridized carbons (Fsp3) is 0.100. The van der Waals surface area contributed by atoms with Crippen molar-refractivity contribution in [1.82, 2.24) is 0 Å². The lowest BCUT2D eigenvalue weighted by molar-refractivity contribution is 0.137. The van der Waals surface area contributed by atoms with Crippen LogP contribution in [-0.2, 0) is 0 Å². The Morgan fingerprint density at radius 2 is 1.32 bits per heavy atom. The third-order valence-corrected chi connectivity index (χ3v) is 1.47. The highest BCUT2D eigenvalue weighted by molar-refractivity contribution is 5.53.